The summed E-state index contributed by atoms with van der Waals surface area (Å²) in [6.45, 7) is 5.43. The number of methoxy groups -OCH3 is 1. The zero-order valence-corrected chi connectivity index (χ0v) is 23.5. The maximum atomic E-state index is 13.5. The molecular formula is C28H29ClIN3O3. The molecule has 1 atom stereocenters. The summed E-state index contributed by atoms with van der Waals surface area (Å²) in [5, 5.41) is 10.5. The normalized spacial score (nSPS) is 19.3. The van der Waals surface area contributed by atoms with Gasteiger partial charge in [0, 0.05) is 34.9 Å². The number of hydrogen-bond donors (Lipinski definition) is 1. The Morgan fingerprint density at radius 3 is 2.58 bits per heavy atom. The van der Waals surface area contributed by atoms with Crippen molar-refractivity contribution in [2.75, 3.05) is 20.3 Å². The molecule has 0 aromatic heterocycles. The summed E-state index contributed by atoms with van der Waals surface area (Å²) in [7, 11) is 1.62. The Kier molecular flexibility index (Phi) is 7.98. The van der Waals surface area contributed by atoms with E-state index in [1.165, 1.54) is 0 Å². The topological polar surface area (TPSA) is 88.6 Å². The molecule has 6 nitrogen and oxygen atoms in total. The lowest BCUT2D eigenvalue weighted by molar-refractivity contribution is -0.118. The molecule has 2 N–H and O–H groups in total. The third-order valence-corrected chi connectivity index (χ3v) is 7.62. The first-order valence-corrected chi connectivity index (χ1v) is 13.2. The monoisotopic (exact) mass is 617 g/mol. The van der Waals surface area contributed by atoms with Crippen LogP contribution in [0.15, 0.2) is 65.1 Å². The Hall–Kier alpha value is -2.54. The number of benzene rings is 2. The smallest absolute Gasteiger partial charge is 0.162 e. The molecule has 0 saturated heterocycles. The van der Waals surface area contributed by atoms with Crippen LogP contribution in [0.2, 0.25) is 5.02 Å². The largest absolute Gasteiger partial charge is 0.487 e. The average Bonchev–Trinajstić information content (AvgIpc) is 2.82. The molecular weight excluding hydrogens is 589 g/mol. The van der Waals surface area contributed by atoms with Gasteiger partial charge in [-0.15, -0.1) is 0 Å². The third-order valence-electron chi connectivity index (χ3n) is 6.60. The van der Waals surface area contributed by atoms with E-state index < -0.39 is 5.92 Å². The number of nitriles is 1. The number of nitrogens with two attached hydrogens (primary N) is 1. The number of carbonyl (C=O) groups is 1. The van der Waals surface area contributed by atoms with E-state index in [1.807, 2.05) is 35.2 Å². The predicted octanol–water partition coefficient (Wildman–Crippen LogP) is 5.91. The minimum Gasteiger partial charge on any atom is -0.487 e. The number of rotatable bonds is 7. The van der Waals surface area contributed by atoms with Crippen LogP contribution in [0, 0.1) is 20.3 Å². The zero-order chi connectivity index (χ0) is 26.0. The Bertz CT molecular complexity index is 1280. The molecule has 0 spiro atoms. The van der Waals surface area contributed by atoms with Crippen molar-refractivity contribution in [1.82, 2.24) is 4.90 Å². The van der Waals surface area contributed by atoms with Crippen molar-refractivity contribution in [1.29, 1.82) is 5.26 Å². The molecule has 2 aromatic carbocycles. The van der Waals surface area contributed by atoms with Gasteiger partial charge >= 0.3 is 0 Å². The summed E-state index contributed by atoms with van der Waals surface area (Å²) >= 11 is 8.90. The summed E-state index contributed by atoms with van der Waals surface area (Å²) in [6, 6.07) is 15.8. The van der Waals surface area contributed by atoms with E-state index in [0.29, 0.717) is 60.3 Å². The highest BCUT2D eigenvalue weighted by molar-refractivity contribution is 14.1. The first kappa shape index (κ1) is 26.5. The minimum atomic E-state index is -0.574. The Balaban J connectivity index is 1.71. The lowest BCUT2D eigenvalue weighted by Crippen LogP contribution is -2.43. The van der Waals surface area contributed by atoms with Crippen LogP contribution in [0.4, 0.5) is 0 Å². The molecule has 4 rings (SSSR count). The Labute approximate surface area is 230 Å². The molecule has 0 fully saturated rings. The highest BCUT2D eigenvalue weighted by Crippen LogP contribution is 2.49. The zero-order valence-electron chi connectivity index (χ0n) is 20.6. The van der Waals surface area contributed by atoms with E-state index in [1.54, 1.807) is 19.2 Å². The summed E-state index contributed by atoms with van der Waals surface area (Å²) in [5.74, 6) is 0.357. The lowest BCUT2D eigenvalue weighted by Gasteiger charge is -2.43. The van der Waals surface area contributed by atoms with Gasteiger partial charge in [0.1, 0.15) is 18.2 Å². The van der Waals surface area contributed by atoms with E-state index in [9.17, 15) is 10.1 Å². The van der Waals surface area contributed by atoms with Gasteiger partial charge < -0.3 is 20.1 Å². The molecule has 188 valence electrons. The fourth-order valence-electron chi connectivity index (χ4n) is 4.90. The molecule has 0 bridgehead atoms. The second-order valence-electron chi connectivity index (χ2n) is 9.89. The number of Topliss-reactive ketones (excluding diaryl/α,β-unsaturated/α-hetero) is 1. The summed E-state index contributed by atoms with van der Waals surface area (Å²) in [5.41, 5.74) is 9.97. The molecule has 1 aliphatic carbocycles. The molecule has 0 amide bonds. The number of halogens is 2. The van der Waals surface area contributed by atoms with Crippen molar-refractivity contribution < 1.29 is 14.3 Å². The van der Waals surface area contributed by atoms with Crippen molar-refractivity contribution in [3.8, 4) is 11.8 Å². The SMILES string of the molecule is COCCN1C(N)=C(C#N)[C@H](c2ccc(OCc3ccc(I)cc3)c(Cl)c2)C2=C1CC(C)(C)CC2=O. The molecule has 2 aliphatic rings. The van der Waals surface area contributed by atoms with Crippen LogP contribution in [0.3, 0.4) is 0 Å². The number of ether oxygens (including phenoxy) is 2. The van der Waals surface area contributed by atoms with Gasteiger partial charge in [-0.3, -0.25) is 4.79 Å². The van der Waals surface area contributed by atoms with Gasteiger partial charge in [-0.2, -0.15) is 5.26 Å². The van der Waals surface area contributed by atoms with E-state index >= 15 is 0 Å². The van der Waals surface area contributed by atoms with E-state index in [-0.39, 0.29) is 11.2 Å². The minimum absolute atomic E-state index is 0.0316. The van der Waals surface area contributed by atoms with Crippen LogP contribution in [0.1, 0.15) is 43.7 Å². The summed E-state index contributed by atoms with van der Waals surface area (Å²) in [6.07, 6.45) is 1.09. The number of ketones is 1. The van der Waals surface area contributed by atoms with Gasteiger partial charge in [-0.05, 0) is 69.8 Å². The molecule has 1 heterocycles. The van der Waals surface area contributed by atoms with E-state index in [0.717, 1.165) is 20.4 Å². The molecule has 2 aromatic rings. The second kappa shape index (κ2) is 10.8. The fourth-order valence-corrected chi connectivity index (χ4v) is 5.50. The standard InChI is InChI=1S/C28H29ClIN3O3/c1-28(2)13-22-26(23(34)14-28)25(20(15-31)27(32)33(22)10-11-35-3)18-6-9-24(21(29)12-18)36-16-17-4-7-19(30)8-5-17/h4-9,12,25H,10-11,13-14,16,32H2,1-3H3/t25-/m0/s1. The Morgan fingerprint density at radius 2 is 1.94 bits per heavy atom. The van der Waals surface area contributed by atoms with E-state index in [4.69, 9.17) is 26.8 Å². The van der Waals surface area contributed by atoms with Crippen LogP contribution in [0.25, 0.3) is 0 Å². The van der Waals surface area contributed by atoms with Crippen LogP contribution in [-0.2, 0) is 16.1 Å². The highest BCUT2D eigenvalue weighted by atomic mass is 127. The number of nitrogens with zero attached hydrogens (tertiary/aromatic N) is 2. The van der Waals surface area contributed by atoms with Gasteiger partial charge in [0.15, 0.2) is 5.78 Å². The van der Waals surface area contributed by atoms with E-state index in [2.05, 4.69) is 42.5 Å². The summed E-state index contributed by atoms with van der Waals surface area (Å²) < 4.78 is 12.4. The molecule has 0 radical (unpaired) electrons. The van der Waals surface area contributed by atoms with Gasteiger partial charge in [-0.1, -0.05) is 43.6 Å². The quantitative estimate of drug-likeness (QED) is 0.389. The molecule has 36 heavy (non-hydrogen) atoms. The van der Waals surface area contributed by atoms with Crippen LogP contribution < -0.4 is 10.5 Å². The lowest BCUT2D eigenvalue weighted by atomic mass is 9.68. The van der Waals surface area contributed by atoms with Crippen LogP contribution >= 0.6 is 34.2 Å². The maximum absolute atomic E-state index is 13.5. The van der Waals surface area contributed by atoms with Crippen molar-refractivity contribution >= 4 is 40.0 Å². The Morgan fingerprint density at radius 1 is 1.22 bits per heavy atom. The average molecular weight is 618 g/mol. The summed E-state index contributed by atoms with van der Waals surface area (Å²) in [4.78, 5) is 15.4. The molecule has 8 heteroatoms. The number of carbonyl (C=O) groups excluding carboxylic acids is 1. The van der Waals surface area contributed by atoms with Crippen molar-refractivity contribution in [3.63, 3.8) is 0 Å². The molecule has 0 unspecified atom stereocenters. The molecule has 0 saturated carbocycles. The maximum Gasteiger partial charge on any atom is 0.162 e. The van der Waals surface area contributed by atoms with Crippen molar-refractivity contribution in [3.05, 3.63) is 84.8 Å². The van der Waals surface area contributed by atoms with Gasteiger partial charge in [0.05, 0.1) is 29.2 Å². The highest BCUT2D eigenvalue weighted by Gasteiger charge is 2.44. The van der Waals surface area contributed by atoms with Gasteiger partial charge in [-0.25, -0.2) is 0 Å². The number of hydrogen-bond acceptors (Lipinski definition) is 6. The molecule has 1 aliphatic heterocycles. The first-order valence-electron chi connectivity index (χ1n) is 11.7. The van der Waals surface area contributed by atoms with Gasteiger partial charge in [0.2, 0.25) is 0 Å². The van der Waals surface area contributed by atoms with Crippen LogP contribution in [-0.4, -0.2) is 30.9 Å². The third kappa shape index (κ3) is 5.41. The van der Waals surface area contributed by atoms with Crippen molar-refractivity contribution in [2.24, 2.45) is 11.1 Å². The fraction of sp³-hybridized carbons (Fsp3) is 0.357. The number of allylic oxidation sites excluding steroid dienone is 3. The second-order valence-corrected chi connectivity index (χ2v) is 11.5. The van der Waals surface area contributed by atoms with Gasteiger partial charge in [0.25, 0.3) is 0 Å². The van der Waals surface area contributed by atoms with Crippen molar-refractivity contribution in [2.45, 2.75) is 39.2 Å². The predicted molar refractivity (Wildman–Crippen MR) is 148 cm³/mol. The first-order chi connectivity index (χ1) is 17.1. The van der Waals surface area contributed by atoms with Crippen LogP contribution in [0.5, 0.6) is 5.75 Å².